The third-order valence-corrected chi connectivity index (χ3v) is 8.66. The van der Waals surface area contributed by atoms with Crippen LogP contribution in [-0.2, 0) is 24.2 Å². The number of thiophene rings is 1. The first-order valence-electron chi connectivity index (χ1n) is 9.90. The summed E-state index contributed by atoms with van der Waals surface area (Å²) in [5.74, 6) is -1.38. The Labute approximate surface area is 192 Å². The van der Waals surface area contributed by atoms with E-state index in [0.29, 0.717) is 11.3 Å². The first-order chi connectivity index (χ1) is 15.2. The molecule has 0 spiro atoms. The molecule has 32 heavy (non-hydrogen) atoms. The van der Waals surface area contributed by atoms with E-state index in [1.807, 2.05) is 17.5 Å². The van der Waals surface area contributed by atoms with Gasteiger partial charge < -0.3 is 5.32 Å². The summed E-state index contributed by atoms with van der Waals surface area (Å²) in [6.45, 7) is 0.0446. The quantitative estimate of drug-likeness (QED) is 0.582. The van der Waals surface area contributed by atoms with Gasteiger partial charge in [-0.2, -0.15) is 5.10 Å². The summed E-state index contributed by atoms with van der Waals surface area (Å²) >= 11 is 2.31. The molecule has 4 rings (SSSR count). The Bertz CT molecular complexity index is 1130. The van der Waals surface area contributed by atoms with Crippen LogP contribution >= 0.6 is 23.1 Å². The fraction of sp³-hybridized carbons (Fsp3) is 0.421. The van der Waals surface area contributed by atoms with Crippen LogP contribution in [0, 0.1) is 0 Å². The van der Waals surface area contributed by atoms with Crippen molar-refractivity contribution in [3.8, 4) is 0 Å². The van der Waals surface area contributed by atoms with Crippen LogP contribution in [0.1, 0.15) is 24.1 Å². The van der Waals surface area contributed by atoms with Crippen molar-refractivity contribution in [2.75, 3.05) is 24.6 Å². The van der Waals surface area contributed by atoms with Gasteiger partial charge in [0.15, 0.2) is 9.84 Å². The second kappa shape index (κ2) is 9.16. The Morgan fingerprint density at radius 3 is 2.78 bits per heavy atom. The van der Waals surface area contributed by atoms with Crippen molar-refractivity contribution >= 4 is 67.7 Å². The van der Waals surface area contributed by atoms with Crippen LogP contribution in [0.5, 0.6) is 0 Å². The first kappa shape index (κ1) is 22.7. The molecule has 10 nitrogen and oxygen atoms in total. The van der Waals surface area contributed by atoms with Gasteiger partial charge in [0.1, 0.15) is 5.71 Å². The Kier molecular flexibility index (Phi) is 6.49. The highest BCUT2D eigenvalue weighted by Crippen LogP contribution is 2.32. The minimum atomic E-state index is -3.20. The Hall–Kier alpha value is -2.51. The molecule has 2 saturated heterocycles. The summed E-state index contributed by atoms with van der Waals surface area (Å²) in [5, 5.41) is 9.33. The van der Waals surface area contributed by atoms with Crippen molar-refractivity contribution in [1.82, 2.24) is 15.2 Å². The highest BCUT2D eigenvalue weighted by molar-refractivity contribution is 8.18. The lowest BCUT2D eigenvalue weighted by molar-refractivity contribution is -0.133. The van der Waals surface area contributed by atoms with Gasteiger partial charge in [-0.3, -0.25) is 24.1 Å². The third kappa shape index (κ3) is 4.94. The first-order valence-corrected chi connectivity index (χ1v) is 13.4. The molecule has 2 fully saturated rings. The van der Waals surface area contributed by atoms with Crippen molar-refractivity contribution < 1.29 is 27.6 Å². The molecule has 0 radical (unpaired) electrons. The van der Waals surface area contributed by atoms with E-state index in [1.54, 1.807) is 6.08 Å². The monoisotopic (exact) mass is 496 g/mol. The Morgan fingerprint density at radius 2 is 2.09 bits per heavy atom. The molecule has 1 unspecified atom stereocenters. The highest BCUT2D eigenvalue weighted by atomic mass is 32.2. The topological polar surface area (TPSA) is 133 Å². The molecule has 170 valence electrons. The molecule has 4 amide bonds. The second-order valence-electron chi connectivity index (χ2n) is 7.45. The van der Waals surface area contributed by atoms with Gasteiger partial charge in [0.2, 0.25) is 5.91 Å². The molecule has 13 heteroatoms. The number of rotatable bonds is 6. The molecular weight excluding hydrogens is 476 g/mol. The van der Waals surface area contributed by atoms with Gasteiger partial charge in [-0.05, 0) is 35.7 Å². The molecule has 3 aliphatic rings. The maximum Gasteiger partial charge on any atom is 0.293 e. The molecule has 3 aliphatic heterocycles. The SMILES string of the molecule is O=C(NCCN1C(=O)S/C(=C\c2cccs2)C1=O)C1=NN(C2CCS(=O)(=O)C2)C(=O)CC1. The average molecular weight is 497 g/mol. The summed E-state index contributed by atoms with van der Waals surface area (Å²) in [6, 6.07) is 3.14. The normalized spacial score (nSPS) is 24.4. The molecule has 0 aromatic carbocycles. The number of amides is 4. The zero-order valence-corrected chi connectivity index (χ0v) is 19.3. The minimum absolute atomic E-state index is 0.00266. The van der Waals surface area contributed by atoms with Gasteiger partial charge in [-0.1, -0.05) is 6.07 Å². The number of carbonyl (C=O) groups is 4. The fourth-order valence-corrected chi connectivity index (χ4v) is 6.85. The van der Waals surface area contributed by atoms with E-state index in [0.717, 1.165) is 26.5 Å². The van der Waals surface area contributed by atoms with Gasteiger partial charge in [0, 0.05) is 30.8 Å². The van der Waals surface area contributed by atoms with Crippen molar-refractivity contribution in [2.45, 2.75) is 25.3 Å². The number of imide groups is 1. The van der Waals surface area contributed by atoms with E-state index >= 15 is 0 Å². The van der Waals surface area contributed by atoms with Gasteiger partial charge in [0.25, 0.3) is 17.1 Å². The van der Waals surface area contributed by atoms with E-state index in [1.165, 1.54) is 11.3 Å². The molecule has 4 heterocycles. The van der Waals surface area contributed by atoms with Gasteiger partial charge in [-0.15, -0.1) is 11.3 Å². The summed E-state index contributed by atoms with van der Waals surface area (Å²) in [5.41, 5.74) is 0.126. The predicted octanol–water partition coefficient (Wildman–Crippen LogP) is 1.07. The number of hydrogen-bond donors (Lipinski definition) is 1. The van der Waals surface area contributed by atoms with Gasteiger partial charge in [0.05, 0.1) is 22.5 Å². The zero-order valence-electron chi connectivity index (χ0n) is 16.9. The lowest BCUT2D eigenvalue weighted by Crippen LogP contribution is -2.45. The van der Waals surface area contributed by atoms with E-state index in [9.17, 15) is 27.6 Å². The molecule has 1 aromatic rings. The maximum absolute atomic E-state index is 12.5. The van der Waals surface area contributed by atoms with E-state index in [-0.39, 0.29) is 49.1 Å². The summed E-state index contributed by atoms with van der Waals surface area (Å²) in [6.07, 6.45) is 2.18. The van der Waals surface area contributed by atoms with Gasteiger partial charge in [-0.25, -0.2) is 13.4 Å². The van der Waals surface area contributed by atoms with Crippen LogP contribution < -0.4 is 5.32 Å². The lowest BCUT2D eigenvalue weighted by Gasteiger charge is -2.27. The predicted molar refractivity (Wildman–Crippen MR) is 121 cm³/mol. The molecule has 1 aromatic heterocycles. The Morgan fingerprint density at radius 1 is 1.28 bits per heavy atom. The van der Waals surface area contributed by atoms with Crippen molar-refractivity contribution in [2.24, 2.45) is 5.10 Å². The summed E-state index contributed by atoms with van der Waals surface area (Å²) in [7, 11) is -3.20. The number of hydrazone groups is 1. The smallest absolute Gasteiger partial charge is 0.293 e. The molecular formula is C19H20N4O6S3. The molecule has 0 aliphatic carbocycles. The summed E-state index contributed by atoms with van der Waals surface area (Å²) < 4.78 is 23.4. The van der Waals surface area contributed by atoms with Crippen LogP contribution in [0.4, 0.5) is 4.79 Å². The van der Waals surface area contributed by atoms with Crippen molar-refractivity contribution in [3.63, 3.8) is 0 Å². The zero-order chi connectivity index (χ0) is 22.9. The standard InChI is InChI=1S/C19H20N4O6S3/c24-16-4-3-14(21-23(16)12-5-9-32(28,29)11-12)17(25)20-6-7-22-18(26)15(31-19(22)27)10-13-2-1-8-30-13/h1-2,8,10,12H,3-7,9,11H2,(H,20,25)/b15-10-. The van der Waals surface area contributed by atoms with Crippen molar-refractivity contribution in [1.29, 1.82) is 0 Å². The van der Waals surface area contributed by atoms with E-state index < -0.39 is 32.9 Å². The number of thioether (sulfide) groups is 1. The minimum Gasteiger partial charge on any atom is -0.349 e. The third-order valence-electron chi connectivity index (χ3n) is 5.19. The number of nitrogens with zero attached hydrogens (tertiary/aromatic N) is 3. The number of nitrogens with one attached hydrogen (secondary N) is 1. The van der Waals surface area contributed by atoms with Crippen LogP contribution in [-0.4, -0.2) is 77.6 Å². The van der Waals surface area contributed by atoms with Gasteiger partial charge >= 0.3 is 0 Å². The van der Waals surface area contributed by atoms with Crippen LogP contribution in [0.25, 0.3) is 6.08 Å². The molecule has 1 N–H and O–H groups in total. The van der Waals surface area contributed by atoms with Crippen LogP contribution in [0.3, 0.4) is 0 Å². The maximum atomic E-state index is 12.5. The highest BCUT2D eigenvalue weighted by Gasteiger charge is 2.38. The van der Waals surface area contributed by atoms with Crippen LogP contribution in [0.2, 0.25) is 0 Å². The van der Waals surface area contributed by atoms with Crippen molar-refractivity contribution in [3.05, 3.63) is 27.3 Å². The number of hydrogen-bond acceptors (Lipinski definition) is 9. The van der Waals surface area contributed by atoms with E-state index in [4.69, 9.17) is 0 Å². The largest absolute Gasteiger partial charge is 0.349 e. The molecule has 1 atom stereocenters. The van der Waals surface area contributed by atoms with E-state index in [2.05, 4.69) is 10.4 Å². The number of sulfone groups is 1. The average Bonchev–Trinajstić information content (AvgIpc) is 3.44. The summed E-state index contributed by atoms with van der Waals surface area (Å²) in [4.78, 5) is 51.6. The van der Waals surface area contributed by atoms with Crippen LogP contribution in [0.15, 0.2) is 27.5 Å². The number of carbonyl (C=O) groups excluding carboxylic acids is 4. The lowest BCUT2D eigenvalue weighted by atomic mass is 10.1. The second-order valence-corrected chi connectivity index (χ2v) is 11.6. The molecule has 0 saturated carbocycles. The Balaban J connectivity index is 1.33. The fourth-order valence-electron chi connectivity index (χ4n) is 3.57. The molecule has 0 bridgehead atoms.